The summed E-state index contributed by atoms with van der Waals surface area (Å²) in [6, 6.07) is 18.9. The van der Waals surface area contributed by atoms with Crippen LogP contribution in [0.2, 0.25) is 0 Å². The van der Waals surface area contributed by atoms with Crippen molar-refractivity contribution in [2.75, 3.05) is 39.1 Å². The molecule has 1 heterocycles. The molecule has 4 rings (SSSR count). The van der Waals surface area contributed by atoms with Gasteiger partial charge in [0.15, 0.2) is 17.1 Å². The number of carbonyl (C=O) groups excluding carboxylic acids is 1. The monoisotopic (exact) mass is 522 g/mol. The van der Waals surface area contributed by atoms with E-state index in [1.165, 1.54) is 11.8 Å². The Kier molecular flexibility index (Phi) is 8.79. The second-order valence-electron chi connectivity index (χ2n) is 8.11. The van der Waals surface area contributed by atoms with Crippen LogP contribution in [0.25, 0.3) is 11.1 Å². The summed E-state index contributed by atoms with van der Waals surface area (Å²) in [6.45, 7) is 0.375. The van der Waals surface area contributed by atoms with Crippen LogP contribution in [0.4, 0.5) is 5.69 Å². The van der Waals surface area contributed by atoms with E-state index in [1.54, 1.807) is 45.5 Å². The maximum atomic E-state index is 13.5. The van der Waals surface area contributed by atoms with Crippen molar-refractivity contribution in [3.63, 3.8) is 0 Å². The van der Waals surface area contributed by atoms with E-state index in [1.807, 2.05) is 48.5 Å². The van der Waals surface area contributed by atoms with Gasteiger partial charge in [0.2, 0.25) is 11.7 Å². The van der Waals surface area contributed by atoms with Gasteiger partial charge in [-0.3, -0.25) is 4.79 Å². The molecular weight excluding hydrogens is 492 g/mol. The van der Waals surface area contributed by atoms with Crippen LogP contribution in [0.1, 0.15) is 18.4 Å². The van der Waals surface area contributed by atoms with Crippen molar-refractivity contribution in [2.24, 2.45) is 0 Å². The number of ether oxygens (including phenoxy) is 4. The molecule has 0 bridgehead atoms. The lowest BCUT2D eigenvalue weighted by Gasteiger charge is -2.25. The molecule has 1 amide bonds. The molecule has 0 atom stereocenters. The molecule has 0 N–H and O–H groups in total. The Labute approximate surface area is 220 Å². The highest BCUT2D eigenvalue weighted by Crippen LogP contribution is 2.41. The number of aromatic nitrogens is 1. The van der Waals surface area contributed by atoms with Gasteiger partial charge < -0.3 is 28.3 Å². The van der Waals surface area contributed by atoms with Crippen molar-refractivity contribution < 1.29 is 28.2 Å². The summed E-state index contributed by atoms with van der Waals surface area (Å²) in [5.41, 5.74) is 3.20. The van der Waals surface area contributed by atoms with E-state index in [4.69, 9.17) is 23.4 Å². The van der Waals surface area contributed by atoms with Gasteiger partial charge in [-0.05, 0) is 36.2 Å². The van der Waals surface area contributed by atoms with Crippen molar-refractivity contribution in [1.29, 1.82) is 0 Å². The van der Waals surface area contributed by atoms with E-state index < -0.39 is 0 Å². The number of thioether (sulfide) groups is 1. The minimum Gasteiger partial charge on any atom is -0.497 e. The largest absolute Gasteiger partial charge is 0.497 e. The number of anilines is 1. The lowest BCUT2D eigenvalue weighted by atomic mass is 10.1. The number of methoxy groups -OCH3 is 4. The van der Waals surface area contributed by atoms with Gasteiger partial charge in [0.05, 0.1) is 40.7 Å². The van der Waals surface area contributed by atoms with Crippen LogP contribution >= 0.6 is 11.8 Å². The Bertz CT molecular complexity index is 1280. The fourth-order valence-corrected chi connectivity index (χ4v) is 4.67. The third-order valence-corrected chi connectivity index (χ3v) is 6.71. The molecular formula is C28H30N2O6S. The average Bonchev–Trinajstić information content (AvgIpc) is 3.36. The number of nitrogens with zero attached hydrogens (tertiary/aromatic N) is 2. The first kappa shape index (κ1) is 26.2. The summed E-state index contributed by atoms with van der Waals surface area (Å²) in [6.07, 6.45) is 1.01. The van der Waals surface area contributed by atoms with Crippen molar-refractivity contribution >= 4 is 34.5 Å². The van der Waals surface area contributed by atoms with Crippen LogP contribution in [0.3, 0.4) is 0 Å². The van der Waals surface area contributed by atoms with Gasteiger partial charge in [0.1, 0.15) is 11.3 Å². The first-order chi connectivity index (χ1) is 18.1. The molecule has 0 radical (unpaired) electrons. The number of fused-ring (bicyclic) bond motifs is 1. The topological polar surface area (TPSA) is 83.3 Å². The van der Waals surface area contributed by atoms with E-state index in [2.05, 4.69) is 4.98 Å². The molecule has 0 saturated carbocycles. The minimum absolute atomic E-state index is 0.0248. The van der Waals surface area contributed by atoms with Crippen LogP contribution in [0.15, 0.2) is 70.3 Å². The summed E-state index contributed by atoms with van der Waals surface area (Å²) in [5, 5.41) is 0.605. The predicted molar refractivity (Wildman–Crippen MR) is 144 cm³/mol. The van der Waals surface area contributed by atoms with Crippen molar-refractivity contribution in [1.82, 2.24) is 4.98 Å². The van der Waals surface area contributed by atoms with Crippen molar-refractivity contribution in [3.05, 3.63) is 66.2 Å². The van der Waals surface area contributed by atoms with Crippen LogP contribution < -0.4 is 23.8 Å². The van der Waals surface area contributed by atoms with Crippen LogP contribution in [0, 0.1) is 0 Å². The zero-order chi connectivity index (χ0) is 26.2. The molecule has 0 aliphatic carbocycles. The number of carbonyl (C=O) groups is 1. The van der Waals surface area contributed by atoms with Crippen LogP contribution in [0.5, 0.6) is 23.0 Å². The van der Waals surface area contributed by atoms with E-state index >= 15 is 0 Å². The Morgan fingerprint density at radius 1 is 0.919 bits per heavy atom. The van der Waals surface area contributed by atoms with E-state index in [0.717, 1.165) is 22.4 Å². The first-order valence-corrected chi connectivity index (χ1v) is 12.8. The van der Waals surface area contributed by atoms with E-state index in [-0.39, 0.29) is 5.91 Å². The molecule has 8 nitrogen and oxygen atoms in total. The van der Waals surface area contributed by atoms with E-state index in [0.29, 0.717) is 53.3 Å². The lowest BCUT2D eigenvalue weighted by molar-refractivity contribution is -0.118. The number of benzene rings is 3. The van der Waals surface area contributed by atoms with Crippen molar-refractivity contribution in [3.8, 4) is 23.0 Å². The SMILES string of the molecule is COc1ccc(CN(C(=O)CCCSc2nc3ccccc3o2)c2cc(OC)c(OC)c(OC)c2)cc1. The summed E-state index contributed by atoms with van der Waals surface area (Å²) in [4.78, 5) is 19.7. The highest BCUT2D eigenvalue weighted by molar-refractivity contribution is 7.99. The van der Waals surface area contributed by atoms with Gasteiger partial charge in [0.25, 0.3) is 5.22 Å². The average molecular weight is 523 g/mol. The number of para-hydroxylation sites is 2. The Balaban J connectivity index is 1.51. The molecule has 4 aromatic rings. The molecule has 0 fully saturated rings. The summed E-state index contributed by atoms with van der Waals surface area (Å²) >= 11 is 1.50. The Hall–Kier alpha value is -3.85. The molecule has 194 valence electrons. The fourth-order valence-electron chi connectivity index (χ4n) is 3.89. The highest BCUT2D eigenvalue weighted by Gasteiger charge is 2.21. The zero-order valence-corrected chi connectivity index (χ0v) is 22.2. The van der Waals surface area contributed by atoms with Gasteiger partial charge in [-0.15, -0.1) is 0 Å². The molecule has 0 saturated heterocycles. The normalized spacial score (nSPS) is 10.8. The standard InChI is InChI=1S/C28H30N2O6S/c1-32-21-13-11-19(12-14-21)18-30(20-16-24(33-2)27(35-4)25(17-20)34-3)26(31)10-7-15-37-28-29-22-8-5-6-9-23(22)36-28/h5-6,8-9,11-14,16-17H,7,10,15,18H2,1-4H3. The molecule has 0 unspecified atom stereocenters. The molecule has 1 aromatic heterocycles. The molecule has 9 heteroatoms. The highest BCUT2D eigenvalue weighted by atomic mass is 32.2. The molecule has 3 aromatic carbocycles. The van der Waals surface area contributed by atoms with Gasteiger partial charge >= 0.3 is 0 Å². The molecule has 37 heavy (non-hydrogen) atoms. The molecule has 0 aliphatic rings. The fraction of sp³-hybridized carbons (Fsp3) is 0.286. The smallest absolute Gasteiger partial charge is 0.256 e. The predicted octanol–water partition coefficient (Wildman–Crippen LogP) is 5.97. The van der Waals surface area contributed by atoms with Crippen LogP contribution in [-0.2, 0) is 11.3 Å². The summed E-state index contributed by atoms with van der Waals surface area (Å²) in [5.74, 6) is 2.87. The number of oxazole rings is 1. The van der Waals surface area contributed by atoms with E-state index in [9.17, 15) is 4.79 Å². The summed E-state index contributed by atoms with van der Waals surface area (Å²) < 4.78 is 27.5. The molecule has 0 aliphatic heterocycles. The maximum absolute atomic E-state index is 13.5. The van der Waals surface area contributed by atoms with Gasteiger partial charge in [0, 0.05) is 24.3 Å². The minimum atomic E-state index is -0.0248. The van der Waals surface area contributed by atoms with Gasteiger partial charge in [-0.25, -0.2) is 4.98 Å². The first-order valence-electron chi connectivity index (χ1n) is 11.8. The second-order valence-corrected chi connectivity index (χ2v) is 9.16. The zero-order valence-electron chi connectivity index (χ0n) is 21.4. The Morgan fingerprint density at radius 2 is 1.62 bits per heavy atom. The summed E-state index contributed by atoms with van der Waals surface area (Å²) in [7, 11) is 6.29. The quantitative estimate of drug-likeness (QED) is 0.166. The van der Waals surface area contributed by atoms with Crippen LogP contribution in [-0.4, -0.2) is 45.1 Å². The third kappa shape index (κ3) is 6.29. The maximum Gasteiger partial charge on any atom is 0.256 e. The second kappa shape index (κ2) is 12.4. The Morgan fingerprint density at radius 3 is 2.24 bits per heavy atom. The number of amides is 1. The number of rotatable bonds is 12. The number of hydrogen-bond acceptors (Lipinski definition) is 8. The van der Waals surface area contributed by atoms with Gasteiger partial charge in [-0.1, -0.05) is 36.0 Å². The number of hydrogen-bond donors (Lipinski definition) is 0. The molecule has 0 spiro atoms. The van der Waals surface area contributed by atoms with Gasteiger partial charge in [-0.2, -0.15) is 0 Å². The lowest BCUT2D eigenvalue weighted by Crippen LogP contribution is -2.30. The third-order valence-electron chi connectivity index (χ3n) is 5.80. The van der Waals surface area contributed by atoms with Crippen molar-refractivity contribution in [2.45, 2.75) is 24.6 Å².